The van der Waals surface area contributed by atoms with Crippen molar-refractivity contribution in [3.8, 4) is 5.82 Å². The highest BCUT2D eigenvalue weighted by Gasteiger charge is 2.09. The maximum absolute atomic E-state index is 4.41. The predicted molar refractivity (Wildman–Crippen MR) is 66.1 cm³/mol. The van der Waals surface area contributed by atoms with E-state index in [1.807, 2.05) is 44.8 Å². The van der Waals surface area contributed by atoms with Crippen LogP contribution in [-0.4, -0.2) is 26.8 Å². The average Bonchev–Trinajstić information content (AvgIpc) is 2.60. The first-order chi connectivity index (χ1) is 8.11. The number of aryl methyl sites for hydroxylation is 2. The zero-order valence-corrected chi connectivity index (χ0v) is 10.7. The largest absolute Gasteiger partial charge is 0.316 e. The van der Waals surface area contributed by atoms with E-state index >= 15 is 0 Å². The smallest absolute Gasteiger partial charge is 0.157 e. The summed E-state index contributed by atoms with van der Waals surface area (Å²) in [4.78, 5) is 8.68. The summed E-state index contributed by atoms with van der Waals surface area (Å²) in [5.74, 6) is 1.60. The van der Waals surface area contributed by atoms with E-state index in [1.165, 1.54) is 5.56 Å². The van der Waals surface area contributed by atoms with Crippen LogP contribution in [0.4, 0.5) is 0 Å². The molecular weight excluding hydrogens is 214 g/mol. The highest BCUT2D eigenvalue weighted by molar-refractivity contribution is 5.29. The third-order valence-corrected chi connectivity index (χ3v) is 2.65. The van der Waals surface area contributed by atoms with Gasteiger partial charge in [-0.05, 0) is 27.8 Å². The molecule has 0 amide bonds. The molecule has 2 heterocycles. The molecular formula is C12H17N5. The second-order valence-corrected chi connectivity index (χ2v) is 4.11. The second-order valence-electron chi connectivity index (χ2n) is 4.11. The molecule has 0 aromatic carbocycles. The van der Waals surface area contributed by atoms with Crippen LogP contribution in [0.15, 0.2) is 12.3 Å². The molecule has 0 unspecified atom stereocenters. The van der Waals surface area contributed by atoms with Crippen molar-refractivity contribution in [1.29, 1.82) is 0 Å². The van der Waals surface area contributed by atoms with E-state index in [0.29, 0.717) is 0 Å². The van der Waals surface area contributed by atoms with Gasteiger partial charge in [0.2, 0.25) is 0 Å². The monoisotopic (exact) mass is 231 g/mol. The summed E-state index contributed by atoms with van der Waals surface area (Å²) in [6.07, 6.45) is 1.87. The minimum absolute atomic E-state index is 0.769. The molecule has 0 spiro atoms. The number of hydrogen-bond acceptors (Lipinski definition) is 4. The summed E-state index contributed by atoms with van der Waals surface area (Å²) in [5, 5.41) is 7.50. The van der Waals surface area contributed by atoms with Crippen LogP contribution < -0.4 is 5.32 Å². The predicted octanol–water partition coefficient (Wildman–Crippen LogP) is 1.31. The van der Waals surface area contributed by atoms with Crippen molar-refractivity contribution in [2.45, 2.75) is 27.3 Å². The van der Waals surface area contributed by atoms with Crippen LogP contribution in [0.3, 0.4) is 0 Å². The molecule has 0 bridgehead atoms. The van der Waals surface area contributed by atoms with Crippen LogP contribution in [-0.2, 0) is 6.54 Å². The van der Waals surface area contributed by atoms with Crippen molar-refractivity contribution in [3.63, 3.8) is 0 Å². The number of hydrogen-bond donors (Lipinski definition) is 1. The van der Waals surface area contributed by atoms with Crippen molar-refractivity contribution < 1.29 is 0 Å². The van der Waals surface area contributed by atoms with Gasteiger partial charge in [0.25, 0.3) is 0 Å². The van der Waals surface area contributed by atoms with Crippen LogP contribution in [0.5, 0.6) is 0 Å². The van der Waals surface area contributed by atoms with Gasteiger partial charge in [-0.1, -0.05) is 0 Å². The number of rotatable bonds is 3. The van der Waals surface area contributed by atoms with Crippen molar-refractivity contribution in [2.24, 2.45) is 0 Å². The van der Waals surface area contributed by atoms with Crippen LogP contribution in [0, 0.1) is 20.8 Å². The van der Waals surface area contributed by atoms with Crippen LogP contribution in [0.1, 0.15) is 22.8 Å². The quantitative estimate of drug-likeness (QED) is 0.865. The van der Waals surface area contributed by atoms with Gasteiger partial charge in [-0.15, -0.1) is 0 Å². The molecule has 0 fully saturated rings. The number of aromatic nitrogens is 4. The molecule has 0 aliphatic heterocycles. The number of nitrogens with zero attached hydrogens (tertiary/aromatic N) is 4. The maximum Gasteiger partial charge on any atom is 0.157 e. The third kappa shape index (κ3) is 2.34. The molecule has 0 radical (unpaired) electrons. The van der Waals surface area contributed by atoms with E-state index < -0.39 is 0 Å². The van der Waals surface area contributed by atoms with Gasteiger partial charge in [-0.3, -0.25) is 0 Å². The molecule has 1 N–H and O–H groups in total. The molecule has 0 saturated heterocycles. The summed E-state index contributed by atoms with van der Waals surface area (Å²) in [7, 11) is 1.93. The topological polar surface area (TPSA) is 55.6 Å². The van der Waals surface area contributed by atoms with Crippen molar-refractivity contribution in [2.75, 3.05) is 7.05 Å². The molecule has 2 aromatic heterocycles. The summed E-state index contributed by atoms with van der Waals surface area (Å²) in [6, 6.07) is 1.94. The Balaban J connectivity index is 2.45. The van der Waals surface area contributed by atoms with Gasteiger partial charge in [-0.25, -0.2) is 14.6 Å². The lowest BCUT2D eigenvalue weighted by atomic mass is 10.2. The van der Waals surface area contributed by atoms with Gasteiger partial charge in [0.15, 0.2) is 5.82 Å². The normalized spacial score (nSPS) is 10.8. The highest BCUT2D eigenvalue weighted by atomic mass is 15.3. The van der Waals surface area contributed by atoms with Gasteiger partial charge >= 0.3 is 0 Å². The summed E-state index contributed by atoms with van der Waals surface area (Å²) in [5.41, 5.74) is 3.25. The average molecular weight is 231 g/mol. The molecule has 5 nitrogen and oxygen atoms in total. The van der Waals surface area contributed by atoms with E-state index in [1.54, 1.807) is 0 Å². The fourth-order valence-electron chi connectivity index (χ4n) is 1.84. The van der Waals surface area contributed by atoms with Gasteiger partial charge < -0.3 is 5.32 Å². The van der Waals surface area contributed by atoms with Crippen molar-refractivity contribution in [1.82, 2.24) is 25.1 Å². The van der Waals surface area contributed by atoms with Gasteiger partial charge in [0, 0.05) is 29.6 Å². The molecule has 0 atom stereocenters. The molecule has 0 aliphatic rings. The van der Waals surface area contributed by atoms with E-state index in [-0.39, 0.29) is 0 Å². The van der Waals surface area contributed by atoms with Gasteiger partial charge in [0.05, 0.1) is 6.20 Å². The van der Waals surface area contributed by atoms with Crippen LogP contribution in [0.25, 0.3) is 5.82 Å². The standard InChI is InChI=1S/C12H17N5/c1-8-5-12(16-10(3)15-8)17-9(2)11(6-13-4)7-14-17/h5,7,13H,6H2,1-4H3. The summed E-state index contributed by atoms with van der Waals surface area (Å²) in [6.45, 7) is 6.72. The van der Waals surface area contributed by atoms with E-state index in [2.05, 4.69) is 20.4 Å². The van der Waals surface area contributed by atoms with Crippen LogP contribution >= 0.6 is 0 Å². The summed E-state index contributed by atoms with van der Waals surface area (Å²) >= 11 is 0. The lowest BCUT2D eigenvalue weighted by Crippen LogP contribution is -2.08. The first kappa shape index (κ1) is 11.7. The van der Waals surface area contributed by atoms with E-state index in [0.717, 1.165) is 29.6 Å². The molecule has 2 aromatic rings. The van der Waals surface area contributed by atoms with Gasteiger partial charge in [-0.2, -0.15) is 5.10 Å². The Kier molecular flexibility index (Phi) is 3.19. The van der Waals surface area contributed by atoms with Gasteiger partial charge in [0.1, 0.15) is 5.82 Å². The Hall–Kier alpha value is -1.75. The first-order valence-corrected chi connectivity index (χ1v) is 5.62. The first-order valence-electron chi connectivity index (χ1n) is 5.62. The lowest BCUT2D eigenvalue weighted by molar-refractivity contribution is 0.782. The fourth-order valence-corrected chi connectivity index (χ4v) is 1.84. The second kappa shape index (κ2) is 4.63. The van der Waals surface area contributed by atoms with Crippen LogP contribution in [0.2, 0.25) is 0 Å². The SMILES string of the molecule is CNCc1cnn(-c2cc(C)nc(C)n2)c1C. The van der Waals surface area contributed by atoms with Crippen molar-refractivity contribution in [3.05, 3.63) is 35.0 Å². The third-order valence-electron chi connectivity index (χ3n) is 2.65. The Labute approximate surface area is 101 Å². The zero-order chi connectivity index (χ0) is 12.4. The molecule has 5 heteroatoms. The molecule has 17 heavy (non-hydrogen) atoms. The fraction of sp³-hybridized carbons (Fsp3) is 0.417. The lowest BCUT2D eigenvalue weighted by Gasteiger charge is -2.06. The van der Waals surface area contributed by atoms with E-state index in [4.69, 9.17) is 0 Å². The summed E-state index contributed by atoms with van der Waals surface area (Å²) < 4.78 is 1.86. The Morgan fingerprint density at radius 1 is 1.24 bits per heavy atom. The zero-order valence-electron chi connectivity index (χ0n) is 10.7. The number of nitrogens with one attached hydrogen (secondary N) is 1. The maximum atomic E-state index is 4.41. The van der Waals surface area contributed by atoms with Crippen molar-refractivity contribution >= 4 is 0 Å². The molecule has 2 rings (SSSR count). The minimum Gasteiger partial charge on any atom is -0.316 e. The van der Waals surface area contributed by atoms with E-state index in [9.17, 15) is 0 Å². The Morgan fingerprint density at radius 2 is 2.00 bits per heavy atom. The Morgan fingerprint density at radius 3 is 2.65 bits per heavy atom. The molecule has 0 saturated carbocycles. The minimum atomic E-state index is 0.769. The Bertz CT molecular complexity index is 509. The molecule has 0 aliphatic carbocycles. The molecule has 90 valence electrons. The highest BCUT2D eigenvalue weighted by Crippen LogP contribution is 2.13.